The highest BCUT2D eigenvalue weighted by molar-refractivity contribution is 14.0. The van der Waals surface area contributed by atoms with E-state index in [9.17, 15) is 4.79 Å². The van der Waals surface area contributed by atoms with Crippen LogP contribution in [0, 0.1) is 0 Å². The fraction of sp³-hybridized carbons (Fsp3) is 0.364. The Bertz CT molecular complexity index is 836. The monoisotopic (exact) mass is 523 g/mol. The van der Waals surface area contributed by atoms with Crippen LogP contribution >= 0.6 is 24.0 Å². The Morgan fingerprint density at radius 2 is 1.67 bits per heavy atom. The van der Waals surface area contributed by atoms with Crippen molar-refractivity contribution in [1.82, 2.24) is 15.5 Å². The third-order valence-electron chi connectivity index (χ3n) is 4.98. The van der Waals surface area contributed by atoms with Crippen LogP contribution in [0.4, 0.5) is 0 Å². The SMILES string of the molecule is CN=C(NCc1ccc(C(N)=O)cc1)NCc1ccccc1CN1CCOCC1.I. The highest BCUT2D eigenvalue weighted by Gasteiger charge is 2.12. The molecule has 0 spiro atoms. The Labute approximate surface area is 195 Å². The van der Waals surface area contributed by atoms with E-state index in [0.29, 0.717) is 18.7 Å². The van der Waals surface area contributed by atoms with Crippen molar-refractivity contribution in [2.24, 2.45) is 10.7 Å². The van der Waals surface area contributed by atoms with Crippen LogP contribution in [0.1, 0.15) is 27.0 Å². The maximum Gasteiger partial charge on any atom is 0.248 e. The van der Waals surface area contributed by atoms with Crippen molar-refractivity contribution in [2.45, 2.75) is 19.6 Å². The van der Waals surface area contributed by atoms with E-state index in [0.717, 1.165) is 44.4 Å². The summed E-state index contributed by atoms with van der Waals surface area (Å²) < 4.78 is 5.44. The molecule has 1 saturated heterocycles. The van der Waals surface area contributed by atoms with Crippen LogP contribution in [0.2, 0.25) is 0 Å². The summed E-state index contributed by atoms with van der Waals surface area (Å²) in [5.41, 5.74) is 9.41. The van der Waals surface area contributed by atoms with Crippen LogP contribution in [-0.2, 0) is 24.4 Å². The van der Waals surface area contributed by atoms with Gasteiger partial charge in [-0.3, -0.25) is 14.7 Å². The van der Waals surface area contributed by atoms with Crippen molar-refractivity contribution >= 4 is 35.8 Å². The van der Waals surface area contributed by atoms with Crippen LogP contribution in [-0.4, -0.2) is 50.1 Å². The highest BCUT2D eigenvalue weighted by atomic mass is 127. The van der Waals surface area contributed by atoms with E-state index < -0.39 is 5.91 Å². The van der Waals surface area contributed by atoms with Gasteiger partial charge in [0.1, 0.15) is 0 Å². The predicted octanol–water partition coefficient (Wildman–Crippen LogP) is 2.10. The molecule has 2 aromatic rings. The van der Waals surface area contributed by atoms with E-state index in [2.05, 4.69) is 44.8 Å². The number of carbonyl (C=O) groups is 1. The van der Waals surface area contributed by atoms with Crippen molar-refractivity contribution in [3.63, 3.8) is 0 Å². The molecule has 1 aliphatic rings. The molecular formula is C22H30IN5O2. The van der Waals surface area contributed by atoms with E-state index in [-0.39, 0.29) is 24.0 Å². The number of nitrogens with two attached hydrogens (primary N) is 1. The molecule has 0 aromatic heterocycles. The topological polar surface area (TPSA) is 92.0 Å². The van der Waals surface area contributed by atoms with Gasteiger partial charge < -0.3 is 21.1 Å². The molecule has 1 aliphatic heterocycles. The molecule has 162 valence electrons. The number of nitrogens with one attached hydrogen (secondary N) is 2. The first-order chi connectivity index (χ1) is 14.2. The second-order valence-corrected chi connectivity index (χ2v) is 7.00. The molecule has 0 atom stereocenters. The lowest BCUT2D eigenvalue weighted by Crippen LogP contribution is -2.37. The van der Waals surface area contributed by atoms with Gasteiger partial charge in [-0.05, 0) is 28.8 Å². The molecule has 0 bridgehead atoms. The number of ether oxygens (including phenoxy) is 1. The molecule has 3 rings (SSSR count). The second kappa shape index (κ2) is 12.5. The standard InChI is InChI=1S/C22H29N5O2.HI/c1-24-22(25-14-17-6-8-18(9-7-17)21(23)28)26-15-19-4-2-3-5-20(19)16-27-10-12-29-13-11-27;/h2-9H,10-16H2,1H3,(H2,23,28)(H2,24,25,26);1H. The van der Waals surface area contributed by atoms with Crippen LogP contribution in [0.3, 0.4) is 0 Å². The minimum atomic E-state index is -0.419. The van der Waals surface area contributed by atoms with Crippen LogP contribution in [0.25, 0.3) is 0 Å². The number of amides is 1. The minimum Gasteiger partial charge on any atom is -0.379 e. The molecular weight excluding hydrogens is 493 g/mol. The zero-order chi connectivity index (χ0) is 20.5. The summed E-state index contributed by atoms with van der Waals surface area (Å²) in [7, 11) is 1.76. The molecule has 0 radical (unpaired) electrons. The van der Waals surface area contributed by atoms with Gasteiger partial charge in [-0.15, -0.1) is 24.0 Å². The van der Waals surface area contributed by atoms with Gasteiger partial charge in [-0.2, -0.15) is 0 Å². The number of hydrogen-bond acceptors (Lipinski definition) is 4. The lowest BCUT2D eigenvalue weighted by atomic mass is 10.1. The third-order valence-corrected chi connectivity index (χ3v) is 4.98. The second-order valence-electron chi connectivity index (χ2n) is 7.00. The normalized spacial score (nSPS) is 14.6. The van der Waals surface area contributed by atoms with Gasteiger partial charge in [0, 0.05) is 45.3 Å². The van der Waals surface area contributed by atoms with Gasteiger partial charge in [-0.1, -0.05) is 36.4 Å². The van der Waals surface area contributed by atoms with Gasteiger partial charge >= 0.3 is 0 Å². The van der Waals surface area contributed by atoms with Crippen molar-refractivity contribution in [3.8, 4) is 0 Å². The Balaban J connectivity index is 0.00000320. The summed E-state index contributed by atoms with van der Waals surface area (Å²) in [6, 6.07) is 15.7. The number of morpholine rings is 1. The number of aliphatic imine (C=N–C) groups is 1. The first-order valence-electron chi connectivity index (χ1n) is 9.86. The molecule has 1 fully saturated rings. The summed E-state index contributed by atoms with van der Waals surface area (Å²) in [5, 5.41) is 6.69. The van der Waals surface area contributed by atoms with Crippen molar-refractivity contribution in [1.29, 1.82) is 0 Å². The number of nitrogens with zero attached hydrogens (tertiary/aromatic N) is 2. The third kappa shape index (κ3) is 7.26. The maximum atomic E-state index is 11.2. The van der Waals surface area contributed by atoms with Crippen molar-refractivity contribution in [3.05, 3.63) is 70.8 Å². The van der Waals surface area contributed by atoms with Gasteiger partial charge in [0.25, 0.3) is 0 Å². The van der Waals surface area contributed by atoms with E-state index in [1.807, 2.05) is 12.1 Å². The zero-order valence-corrected chi connectivity index (χ0v) is 19.6. The first-order valence-corrected chi connectivity index (χ1v) is 9.86. The molecule has 8 heteroatoms. The van der Waals surface area contributed by atoms with Crippen LogP contribution in [0.15, 0.2) is 53.5 Å². The van der Waals surface area contributed by atoms with Gasteiger partial charge in [0.2, 0.25) is 5.91 Å². The van der Waals surface area contributed by atoms with E-state index in [1.165, 1.54) is 11.1 Å². The number of halogens is 1. The van der Waals surface area contributed by atoms with Gasteiger partial charge in [-0.25, -0.2) is 0 Å². The number of rotatable bonds is 7. The molecule has 30 heavy (non-hydrogen) atoms. The molecule has 4 N–H and O–H groups in total. The minimum absolute atomic E-state index is 0. The number of primary amides is 1. The average molecular weight is 523 g/mol. The summed E-state index contributed by atoms with van der Waals surface area (Å²) >= 11 is 0. The molecule has 0 unspecified atom stereocenters. The number of guanidine groups is 1. The Morgan fingerprint density at radius 3 is 2.30 bits per heavy atom. The molecule has 1 heterocycles. The average Bonchev–Trinajstić information content (AvgIpc) is 2.76. The summed E-state index contributed by atoms with van der Waals surface area (Å²) in [6.07, 6.45) is 0. The van der Waals surface area contributed by atoms with Crippen molar-refractivity contribution < 1.29 is 9.53 Å². The Hall–Kier alpha value is -2.17. The largest absolute Gasteiger partial charge is 0.379 e. The Morgan fingerprint density at radius 1 is 1.03 bits per heavy atom. The quantitative estimate of drug-likeness (QED) is 0.294. The molecule has 0 aliphatic carbocycles. The fourth-order valence-corrected chi connectivity index (χ4v) is 3.26. The van der Waals surface area contributed by atoms with Crippen LogP contribution < -0.4 is 16.4 Å². The first kappa shape index (κ1) is 24.1. The van der Waals surface area contributed by atoms with E-state index in [1.54, 1.807) is 19.2 Å². The van der Waals surface area contributed by atoms with Crippen molar-refractivity contribution in [2.75, 3.05) is 33.4 Å². The summed E-state index contributed by atoms with van der Waals surface area (Å²) in [5.74, 6) is 0.308. The number of hydrogen-bond donors (Lipinski definition) is 3. The van der Waals surface area contributed by atoms with Gasteiger partial charge in [0.05, 0.1) is 13.2 Å². The summed E-state index contributed by atoms with van der Waals surface area (Å²) in [6.45, 7) is 5.78. The molecule has 2 aromatic carbocycles. The highest BCUT2D eigenvalue weighted by Crippen LogP contribution is 2.13. The van der Waals surface area contributed by atoms with Crippen LogP contribution in [0.5, 0.6) is 0 Å². The van der Waals surface area contributed by atoms with Gasteiger partial charge in [0.15, 0.2) is 5.96 Å². The lowest BCUT2D eigenvalue weighted by Gasteiger charge is -2.27. The number of carbonyl (C=O) groups excluding carboxylic acids is 1. The smallest absolute Gasteiger partial charge is 0.248 e. The molecule has 7 nitrogen and oxygen atoms in total. The van der Waals surface area contributed by atoms with E-state index in [4.69, 9.17) is 10.5 Å². The lowest BCUT2D eigenvalue weighted by molar-refractivity contribution is 0.0341. The predicted molar refractivity (Wildman–Crippen MR) is 130 cm³/mol. The maximum absolute atomic E-state index is 11.2. The van der Waals surface area contributed by atoms with E-state index >= 15 is 0 Å². The zero-order valence-electron chi connectivity index (χ0n) is 17.3. The number of benzene rings is 2. The Kier molecular flexibility index (Phi) is 10.0. The molecule has 1 amide bonds. The fourth-order valence-electron chi connectivity index (χ4n) is 3.26. The summed E-state index contributed by atoms with van der Waals surface area (Å²) in [4.78, 5) is 17.9. The molecule has 0 saturated carbocycles.